The van der Waals surface area contributed by atoms with E-state index in [1.54, 1.807) is 6.29 Å². The summed E-state index contributed by atoms with van der Waals surface area (Å²) in [4.78, 5) is 21.0. The molecule has 0 aliphatic carbocycles. The maximum atomic E-state index is 10.8. The van der Waals surface area contributed by atoms with E-state index in [1.165, 1.54) is 0 Å². The Morgan fingerprint density at radius 1 is 1.54 bits per heavy atom. The molecule has 0 aliphatic heterocycles. The molecule has 0 aliphatic rings. The second kappa shape index (κ2) is 4.37. The Labute approximate surface area is 78.1 Å². The molecule has 2 atom stereocenters. The van der Waals surface area contributed by atoms with E-state index in [4.69, 9.17) is 10.8 Å². The Bertz CT molecular complexity index is 196. The lowest BCUT2D eigenvalue weighted by molar-refractivity contribution is -0.145. The standard InChI is InChI=1S/C9H16NO3/c1-9(2,3)7(8(12)13)4-6(10)5-11/h6-7H,4,10H2,1-3H3,(H,12,13)/t6-,7?/m0/s1. The molecule has 0 spiro atoms. The van der Waals surface area contributed by atoms with Crippen molar-refractivity contribution in [3.05, 3.63) is 0 Å². The van der Waals surface area contributed by atoms with Crippen molar-refractivity contribution in [2.45, 2.75) is 33.2 Å². The monoisotopic (exact) mass is 186 g/mol. The molecule has 0 fully saturated rings. The zero-order valence-corrected chi connectivity index (χ0v) is 8.20. The molecule has 0 saturated carbocycles. The number of carboxylic acid groups (broad SMARTS) is 1. The molecular weight excluding hydrogens is 170 g/mol. The molecule has 0 amide bonds. The lowest BCUT2D eigenvalue weighted by atomic mass is 9.77. The summed E-state index contributed by atoms with van der Waals surface area (Å²) in [6.45, 7) is 5.43. The van der Waals surface area contributed by atoms with Gasteiger partial charge in [-0.05, 0) is 11.8 Å². The maximum Gasteiger partial charge on any atom is 0.307 e. The van der Waals surface area contributed by atoms with E-state index in [0.29, 0.717) is 0 Å². The second-order valence-corrected chi connectivity index (χ2v) is 4.22. The third-order valence-corrected chi connectivity index (χ3v) is 1.98. The van der Waals surface area contributed by atoms with Crippen molar-refractivity contribution in [2.75, 3.05) is 0 Å². The average Bonchev–Trinajstić information content (AvgIpc) is 1.96. The van der Waals surface area contributed by atoms with E-state index in [9.17, 15) is 9.59 Å². The fourth-order valence-corrected chi connectivity index (χ4v) is 1.13. The summed E-state index contributed by atoms with van der Waals surface area (Å²) < 4.78 is 0. The molecule has 0 aromatic carbocycles. The van der Waals surface area contributed by atoms with Crippen LogP contribution >= 0.6 is 0 Å². The highest BCUT2D eigenvalue weighted by Gasteiger charge is 2.32. The largest absolute Gasteiger partial charge is 0.481 e. The summed E-state index contributed by atoms with van der Waals surface area (Å²) in [5.41, 5.74) is 4.93. The average molecular weight is 186 g/mol. The highest BCUT2D eigenvalue weighted by atomic mass is 16.4. The van der Waals surface area contributed by atoms with Gasteiger partial charge in [0.2, 0.25) is 6.29 Å². The molecular formula is C9H16NO3. The van der Waals surface area contributed by atoms with Gasteiger partial charge in [0, 0.05) is 0 Å². The summed E-state index contributed by atoms with van der Waals surface area (Å²) in [5, 5.41) is 8.87. The van der Waals surface area contributed by atoms with Gasteiger partial charge in [0.1, 0.15) is 0 Å². The van der Waals surface area contributed by atoms with E-state index in [0.717, 1.165) is 0 Å². The SMILES string of the molecule is CC(C)(C)C(C[C@H](N)[C]=O)C(=O)O. The summed E-state index contributed by atoms with van der Waals surface area (Å²) in [7, 11) is 0. The third-order valence-electron chi connectivity index (χ3n) is 1.98. The van der Waals surface area contributed by atoms with Crippen molar-refractivity contribution < 1.29 is 14.7 Å². The summed E-state index contributed by atoms with van der Waals surface area (Å²) in [6.07, 6.45) is 1.73. The van der Waals surface area contributed by atoms with E-state index >= 15 is 0 Å². The van der Waals surface area contributed by atoms with E-state index in [2.05, 4.69) is 0 Å². The Morgan fingerprint density at radius 2 is 2.00 bits per heavy atom. The Hall–Kier alpha value is -0.900. The molecule has 1 radical (unpaired) electrons. The summed E-state index contributed by atoms with van der Waals surface area (Å²) in [5.74, 6) is -1.53. The van der Waals surface area contributed by atoms with Crippen LogP contribution in [0, 0.1) is 11.3 Å². The van der Waals surface area contributed by atoms with Gasteiger partial charge in [-0.2, -0.15) is 0 Å². The van der Waals surface area contributed by atoms with Gasteiger partial charge in [-0.15, -0.1) is 0 Å². The number of carboxylic acids is 1. The predicted octanol–water partition coefficient (Wildman–Crippen LogP) is 0.560. The molecule has 4 nitrogen and oxygen atoms in total. The molecule has 0 saturated heterocycles. The molecule has 0 bridgehead atoms. The first-order chi connectivity index (χ1) is 5.79. The minimum atomic E-state index is -0.918. The minimum absolute atomic E-state index is 0.141. The molecule has 4 heteroatoms. The van der Waals surface area contributed by atoms with Crippen LogP contribution < -0.4 is 5.73 Å². The zero-order chi connectivity index (χ0) is 10.6. The third kappa shape index (κ3) is 4.03. The van der Waals surface area contributed by atoms with E-state index < -0.39 is 17.9 Å². The van der Waals surface area contributed by atoms with Crippen LogP contribution in [0.3, 0.4) is 0 Å². The zero-order valence-electron chi connectivity index (χ0n) is 8.20. The van der Waals surface area contributed by atoms with Gasteiger partial charge in [-0.25, -0.2) is 0 Å². The van der Waals surface area contributed by atoms with Gasteiger partial charge < -0.3 is 10.8 Å². The second-order valence-electron chi connectivity index (χ2n) is 4.22. The smallest absolute Gasteiger partial charge is 0.307 e. The van der Waals surface area contributed by atoms with Crippen LogP contribution in [0.4, 0.5) is 0 Å². The van der Waals surface area contributed by atoms with Crippen LogP contribution in [0.15, 0.2) is 0 Å². The lowest BCUT2D eigenvalue weighted by Gasteiger charge is -2.27. The van der Waals surface area contributed by atoms with Crippen molar-refractivity contribution in [1.82, 2.24) is 0 Å². The number of hydrogen-bond acceptors (Lipinski definition) is 3. The Balaban J connectivity index is 4.45. The molecule has 0 aromatic rings. The normalized spacial score (nSPS) is 16.3. The fraction of sp³-hybridized carbons (Fsp3) is 0.778. The van der Waals surface area contributed by atoms with Gasteiger partial charge in [0.25, 0.3) is 0 Å². The van der Waals surface area contributed by atoms with Gasteiger partial charge >= 0.3 is 5.97 Å². The Morgan fingerprint density at radius 3 is 2.23 bits per heavy atom. The van der Waals surface area contributed by atoms with Gasteiger partial charge in [0.15, 0.2) is 0 Å². The van der Waals surface area contributed by atoms with E-state index in [1.807, 2.05) is 20.8 Å². The molecule has 0 heterocycles. The number of carbonyl (C=O) groups excluding carboxylic acids is 1. The molecule has 0 rings (SSSR count). The number of nitrogens with two attached hydrogens (primary N) is 1. The first-order valence-electron chi connectivity index (χ1n) is 4.15. The number of hydrogen-bond donors (Lipinski definition) is 2. The number of rotatable bonds is 4. The summed E-state index contributed by atoms with van der Waals surface area (Å²) >= 11 is 0. The van der Waals surface area contributed by atoms with Crippen LogP contribution in [0.2, 0.25) is 0 Å². The predicted molar refractivity (Wildman–Crippen MR) is 48.9 cm³/mol. The van der Waals surface area contributed by atoms with Crippen molar-refractivity contribution in [1.29, 1.82) is 0 Å². The molecule has 13 heavy (non-hydrogen) atoms. The van der Waals surface area contributed by atoms with Crippen molar-refractivity contribution >= 4 is 12.3 Å². The fourth-order valence-electron chi connectivity index (χ4n) is 1.13. The lowest BCUT2D eigenvalue weighted by Crippen LogP contribution is -2.35. The minimum Gasteiger partial charge on any atom is -0.481 e. The van der Waals surface area contributed by atoms with Crippen LogP contribution in [0.5, 0.6) is 0 Å². The van der Waals surface area contributed by atoms with Gasteiger partial charge in [-0.3, -0.25) is 9.59 Å². The van der Waals surface area contributed by atoms with Crippen molar-refractivity contribution in [3.8, 4) is 0 Å². The molecule has 1 unspecified atom stereocenters. The van der Waals surface area contributed by atoms with Crippen molar-refractivity contribution in [2.24, 2.45) is 17.1 Å². The van der Waals surface area contributed by atoms with Crippen LogP contribution in [-0.2, 0) is 9.59 Å². The molecule has 3 N–H and O–H groups in total. The van der Waals surface area contributed by atoms with Crippen LogP contribution in [-0.4, -0.2) is 23.4 Å². The number of aliphatic carboxylic acids is 1. The van der Waals surface area contributed by atoms with Gasteiger partial charge in [-0.1, -0.05) is 20.8 Å². The molecule has 0 aromatic heterocycles. The summed E-state index contributed by atoms with van der Waals surface area (Å²) in [6, 6.07) is -0.805. The van der Waals surface area contributed by atoms with Crippen molar-refractivity contribution in [3.63, 3.8) is 0 Å². The molecule has 75 valence electrons. The van der Waals surface area contributed by atoms with Crippen LogP contribution in [0.1, 0.15) is 27.2 Å². The van der Waals surface area contributed by atoms with Gasteiger partial charge in [0.05, 0.1) is 12.0 Å². The first kappa shape index (κ1) is 12.1. The van der Waals surface area contributed by atoms with E-state index in [-0.39, 0.29) is 11.8 Å². The van der Waals surface area contributed by atoms with Crippen LogP contribution in [0.25, 0.3) is 0 Å². The highest BCUT2D eigenvalue weighted by molar-refractivity contribution is 5.72. The Kier molecular flexibility index (Phi) is 4.07. The topological polar surface area (TPSA) is 80.4 Å². The first-order valence-corrected chi connectivity index (χ1v) is 4.15. The highest BCUT2D eigenvalue weighted by Crippen LogP contribution is 2.29. The maximum absolute atomic E-state index is 10.8. The quantitative estimate of drug-likeness (QED) is 0.672. The number of carbonyl (C=O) groups is 1.